The summed E-state index contributed by atoms with van der Waals surface area (Å²) in [6, 6.07) is 17.7. The molecule has 6 nitrogen and oxygen atoms in total. The number of hydrogen-bond acceptors (Lipinski definition) is 3. The van der Waals surface area contributed by atoms with Crippen LogP contribution in [-0.2, 0) is 13.0 Å². The third-order valence-corrected chi connectivity index (χ3v) is 4.61. The minimum absolute atomic E-state index is 0.0607. The molecule has 1 N–H and O–H groups in total. The molecule has 1 amide bonds. The van der Waals surface area contributed by atoms with Crippen molar-refractivity contribution in [1.82, 2.24) is 24.6 Å². The van der Waals surface area contributed by atoms with Gasteiger partial charge in [-0.15, -0.1) is 0 Å². The van der Waals surface area contributed by atoms with E-state index in [2.05, 4.69) is 15.1 Å². The number of carbonyl (C=O) groups excluding carboxylic acids is 1. The van der Waals surface area contributed by atoms with Gasteiger partial charge in [0.15, 0.2) is 0 Å². The third-order valence-electron chi connectivity index (χ3n) is 4.61. The average molecular weight is 359 g/mol. The number of imidazole rings is 1. The Balaban J connectivity index is 1.59. The molecular formula is C21H21N5O. The van der Waals surface area contributed by atoms with Crippen LogP contribution in [0.3, 0.4) is 0 Å². The number of H-pyrrole nitrogens is 1. The summed E-state index contributed by atoms with van der Waals surface area (Å²) >= 11 is 0. The van der Waals surface area contributed by atoms with E-state index in [1.54, 1.807) is 18.1 Å². The molecule has 0 aliphatic rings. The predicted molar refractivity (Wildman–Crippen MR) is 105 cm³/mol. The molecular weight excluding hydrogens is 338 g/mol. The van der Waals surface area contributed by atoms with Crippen LogP contribution in [0.15, 0.2) is 60.8 Å². The molecule has 0 fully saturated rings. The van der Waals surface area contributed by atoms with Crippen molar-refractivity contribution in [2.24, 2.45) is 0 Å². The fraction of sp³-hybridized carbons (Fsp3) is 0.190. The number of nitrogens with zero attached hydrogens (tertiary/aromatic N) is 4. The van der Waals surface area contributed by atoms with E-state index < -0.39 is 0 Å². The van der Waals surface area contributed by atoms with Gasteiger partial charge in [0.25, 0.3) is 5.91 Å². The van der Waals surface area contributed by atoms with Crippen LogP contribution in [0, 0.1) is 0 Å². The van der Waals surface area contributed by atoms with E-state index in [4.69, 9.17) is 0 Å². The maximum absolute atomic E-state index is 13.0. The van der Waals surface area contributed by atoms with Gasteiger partial charge in [0.2, 0.25) is 0 Å². The summed E-state index contributed by atoms with van der Waals surface area (Å²) in [4.78, 5) is 22.5. The van der Waals surface area contributed by atoms with Crippen LogP contribution in [0.4, 0.5) is 0 Å². The molecule has 2 aromatic carbocycles. The zero-order chi connectivity index (χ0) is 18.8. The molecule has 4 rings (SSSR count). The third kappa shape index (κ3) is 3.21. The highest BCUT2D eigenvalue weighted by molar-refractivity contribution is 5.95. The molecule has 0 unspecified atom stereocenters. The van der Waals surface area contributed by atoms with Crippen molar-refractivity contribution >= 4 is 16.9 Å². The smallest absolute Gasteiger partial charge is 0.257 e. The number of rotatable bonds is 5. The van der Waals surface area contributed by atoms with E-state index in [1.807, 2.05) is 66.2 Å². The number of amides is 1. The van der Waals surface area contributed by atoms with E-state index in [9.17, 15) is 4.79 Å². The zero-order valence-corrected chi connectivity index (χ0v) is 15.4. The van der Waals surface area contributed by atoms with Crippen LogP contribution in [0.1, 0.15) is 28.8 Å². The van der Waals surface area contributed by atoms with Crippen molar-refractivity contribution in [3.05, 3.63) is 77.9 Å². The van der Waals surface area contributed by atoms with E-state index in [0.717, 1.165) is 28.2 Å². The number of para-hydroxylation sites is 3. The van der Waals surface area contributed by atoms with Crippen LogP contribution < -0.4 is 0 Å². The Labute approximate surface area is 157 Å². The molecule has 0 atom stereocenters. The summed E-state index contributed by atoms with van der Waals surface area (Å²) in [6.07, 6.45) is 2.37. The number of aromatic nitrogens is 4. The molecule has 27 heavy (non-hydrogen) atoms. The SMILES string of the molecule is CCc1c(C(=O)N(C)Cc2nc3ccccc3[nH]2)cnn1-c1ccccc1. The second kappa shape index (κ2) is 7.07. The molecule has 0 aliphatic heterocycles. The molecule has 0 spiro atoms. The van der Waals surface area contributed by atoms with Crippen molar-refractivity contribution in [3.8, 4) is 5.69 Å². The van der Waals surface area contributed by atoms with Gasteiger partial charge in [0, 0.05) is 7.05 Å². The van der Waals surface area contributed by atoms with Crippen molar-refractivity contribution in [1.29, 1.82) is 0 Å². The Morgan fingerprint density at radius 1 is 1.11 bits per heavy atom. The molecule has 0 aliphatic carbocycles. The standard InChI is InChI=1S/C21H21N5O/c1-3-19-16(13-22-26(19)15-9-5-4-6-10-15)21(27)25(2)14-20-23-17-11-7-8-12-18(17)24-20/h4-13H,3,14H2,1-2H3,(H,23,24). The van der Waals surface area contributed by atoms with Gasteiger partial charge < -0.3 is 9.88 Å². The molecule has 136 valence electrons. The summed E-state index contributed by atoms with van der Waals surface area (Å²) in [5.41, 5.74) is 4.36. The molecule has 6 heteroatoms. The van der Waals surface area contributed by atoms with E-state index >= 15 is 0 Å². The maximum Gasteiger partial charge on any atom is 0.257 e. The van der Waals surface area contributed by atoms with Gasteiger partial charge in [-0.3, -0.25) is 4.79 Å². The largest absolute Gasteiger partial charge is 0.340 e. The van der Waals surface area contributed by atoms with Crippen LogP contribution >= 0.6 is 0 Å². The number of carbonyl (C=O) groups is 1. The highest BCUT2D eigenvalue weighted by Gasteiger charge is 2.21. The number of nitrogens with one attached hydrogen (secondary N) is 1. The first kappa shape index (κ1) is 17.0. The highest BCUT2D eigenvalue weighted by Crippen LogP contribution is 2.18. The Kier molecular flexibility index (Phi) is 4.46. The lowest BCUT2D eigenvalue weighted by Crippen LogP contribution is -2.27. The van der Waals surface area contributed by atoms with Gasteiger partial charge in [0.05, 0.1) is 40.7 Å². The number of aromatic amines is 1. The van der Waals surface area contributed by atoms with Gasteiger partial charge in [-0.25, -0.2) is 9.67 Å². The van der Waals surface area contributed by atoms with Crippen molar-refractivity contribution in [3.63, 3.8) is 0 Å². The van der Waals surface area contributed by atoms with Gasteiger partial charge in [0.1, 0.15) is 5.82 Å². The zero-order valence-electron chi connectivity index (χ0n) is 15.4. The summed E-state index contributed by atoms with van der Waals surface area (Å²) in [6.45, 7) is 2.44. The Bertz CT molecular complexity index is 1050. The molecule has 2 aromatic heterocycles. The van der Waals surface area contributed by atoms with Gasteiger partial charge >= 0.3 is 0 Å². The Hall–Kier alpha value is -3.41. The van der Waals surface area contributed by atoms with Crippen molar-refractivity contribution in [2.75, 3.05) is 7.05 Å². The molecule has 0 radical (unpaired) electrons. The second-order valence-corrected chi connectivity index (χ2v) is 6.47. The predicted octanol–water partition coefficient (Wildman–Crippen LogP) is 3.58. The topological polar surface area (TPSA) is 66.8 Å². The van der Waals surface area contributed by atoms with Crippen LogP contribution in [0.5, 0.6) is 0 Å². The molecule has 0 saturated carbocycles. The van der Waals surface area contributed by atoms with Crippen LogP contribution in [0.25, 0.3) is 16.7 Å². The fourth-order valence-corrected chi connectivity index (χ4v) is 3.27. The Morgan fingerprint density at radius 3 is 2.59 bits per heavy atom. The summed E-state index contributed by atoms with van der Waals surface area (Å²) < 4.78 is 1.84. The highest BCUT2D eigenvalue weighted by atomic mass is 16.2. The lowest BCUT2D eigenvalue weighted by molar-refractivity contribution is 0.0781. The monoisotopic (exact) mass is 359 g/mol. The summed E-state index contributed by atoms with van der Waals surface area (Å²) in [5, 5.41) is 4.45. The van der Waals surface area contributed by atoms with E-state index in [0.29, 0.717) is 18.5 Å². The fourth-order valence-electron chi connectivity index (χ4n) is 3.27. The van der Waals surface area contributed by atoms with Gasteiger partial charge in [-0.05, 0) is 30.7 Å². The normalized spacial score (nSPS) is 11.0. The van der Waals surface area contributed by atoms with Crippen molar-refractivity contribution < 1.29 is 4.79 Å². The number of benzene rings is 2. The first-order valence-electron chi connectivity index (χ1n) is 8.98. The lowest BCUT2D eigenvalue weighted by Gasteiger charge is -2.16. The van der Waals surface area contributed by atoms with Crippen molar-refractivity contribution in [2.45, 2.75) is 19.9 Å². The number of fused-ring (bicyclic) bond motifs is 1. The van der Waals surface area contributed by atoms with Crippen LogP contribution in [0.2, 0.25) is 0 Å². The lowest BCUT2D eigenvalue weighted by atomic mass is 10.1. The first-order valence-corrected chi connectivity index (χ1v) is 8.98. The van der Waals surface area contributed by atoms with E-state index in [-0.39, 0.29) is 5.91 Å². The molecule has 0 saturated heterocycles. The van der Waals surface area contributed by atoms with Crippen LogP contribution in [-0.4, -0.2) is 37.6 Å². The minimum Gasteiger partial charge on any atom is -0.340 e. The molecule has 0 bridgehead atoms. The quantitative estimate of drug-likeness (QED) is 0.592. The van der Waals surface area contributed by atoms with Gasteiger partial charge in [-0.1, -0.05) is 37.3 Å². The van der Waals surface area contributed by atoms with Gasteiger partial charge in [-0.2, -0.15) is 5.10 Å². The summed E-state index contributed by atoms with van der Waals surface area (Å²) in [7, 11) is 1.79. The molecule has 2 heterocycles. The maximum atomic E-state index is 13.0. The Morgan fingerprint density at radius 2 is 1.85 bits per heavy atom. The number of hydrogen-bond donors (Lipinski definition) is 1. The minimum atomic E-state index is -0.0607. The summed E-state index contributed by atoms with van der Waals surface area (Å²) in [5.74, 6) is 0.704. The van der Waals surface area contributed by atoms with E-state index in [1.165, 1.54) is 0 Å². The average Bonchev–Trinajstić information content (AvgIpc) is 3.31. The molecule has 4 aromatic rings. The first-order chi connectivity index (χ1) is 13.2. The second-order valence-electron chi connectivity index (χ2n) is 6.47.